The van der Waals surface area contributed by atoms with Crippen LogP contribution in [-0.4, -0.2) is 35.0 Å². The molecule has 4 rings (SSSR count). The molecule has 36 heavy (non-hydrogen) atoms. The Labute approximate surface area is 209 Å². The Morgan fingerprint density at radius 1 is 0.972 bits per heavy atom. The van der Waals surface area contributed by atoms with Crippen molar-refractivity contribution in [2.24, 2.45) is 0 Å². The molecule has 1 saturated heterocycles. The van der Waals surface area contributed by atoms with E-state index in [1.165, 1.54) is 6.08 Å². The number of aromatic nitrogens is 1. The highest BCUT2D eigenvalue weighted by Gasteiger charge is 2.37. The van der Waals surface area contributed by atoms with Crippen LogP contribution < -0.4 is 10.2 Å². The van der Waals surface area contributed by atoms with Crippen LogP contribution in [0.15, 0.2) is 60.2 Å². The Morgan fingerprint density at radius 2 is 1.69 bits per heavy atom. The molecule has 2 heterocycles. The minimum Gasteiger partial charge on any atom is -0.462 e. The molecule has 8 heteroatoms. The van der Waals surface area contributed by atoms with Gasteiger partial charge in [0.05, 0.1) is 17.9 Å². The Hall–Kier alpha value is -4.46. The number of barbiturate groups is 1. The number of aryl methyl sites for hydroxylation is 2. The van der Waals surface area contributed by atoms with Gasteiger partial charge >= 0.3 is 12.0 Å². The Kier molecular flexibility index (Phi) is 6.87. The predicted octanol–water partition coefficient (Wildman–Crippen LogP) is 4.50. The molecule has 4 amide bonds. The minimum absolute atomic E-state index is 0.144. The van der Waals surface area contributed by atoms with Gasteiger partial charge in [-0.15, -0.1) is 0 Å². The van der Waals surface area contributed by atoms with E-state index in [-0.39, 0.29) is 12.2 Å². The SMILES string of the molecule is CCOC(=O)c1cccc(-n2c(C)cc(/C=C3/C(=O)NC(=O)N(c4ccc(CC)cc4)C3=O)c2C)c1. The van der Waals surface area contributed by atoms with Gasteiger partial charge in [-0.1, -0.05) is 25.1 Å². The minimum atomic E-state index is -0.785. The van der Waals surface area contributed by atoms with Gasteiger partial charge in [-0.05, 0) is 80.8 Å². The predicted molar refractivity (Wildman–Crippen MR) is 136 cm³/mol. The summed E-state index contributed by atoms with van der Waals surface area (Å²) in [6.07, 6.45) is 2.31. The van der Waals surface area contributed by atoms with Gasteiger partial charge in [-0.2, -0.15) is 0 Å². The largest absolute Gasteiger partial charge is 0.462 e. The van der Waals surface area contributed by atoms with Gasteiger partial charge in [0.15, 0.2) is 0 Å². The number of nitrogens with one attached hydrogen (secondary N) is 1. The fourth-order valence-electron chi connectivity index (χ4n) is 4.25. The fraction of sp³-hybridized carbons (Fsp3) is 0.214. The summed E-state index contributed by atoms with van der Waals surface area (Å²) in [5.74, 6) is -1.85. The first-order valence-electron chi connectivity index (χ1n) is 11.7. The van der Waals surface area contributed by atoms with E-state index in [9.17, 15) is 19.2 Å². The lowest BCUT2D eigenvalue weighted by molar-refractivity contribution is -0.122. The van der Waals surface area contributed by atoms with E-state index in [0.717, 1.165) is 34.0 Å². The van der Waals surface area contributed by atoms with Crippen molar-refractivity contribution in [3.05, 3.63) is 88.2 Å². The van der Waals surface area contributed by atoms with Crippen molar-refractivity contribution in [1.29, 1.82) is 0 Å². The van der Waals surface area contributed by atoms with E-state index in [4.69, 9.17) is 4.74 Å². The maximum Gasteiger partial charge on any atom is 0.338 e. The number of rotatable bonds is 6. The van der Waals surface area contributed by atoms with Crippen LogP contribution in [-0.2, 0) is 20.7 Å². The van der Waals surface area contributed by atoms with Gasteiger partial charge in [0, 0.05) is 17.1 Å². The number of ether oxygens (including phenoxy) is 1. The van der Waals surface area contributed by atoms with Crippen LogP contribution in [0.5, 0.6) is 0 Å². The number of nitrogens with zero attached hydrogens (tertiary/aromatic N) is 2. The van der Waals surface area contributed by atoms with Crippen LogP contribution in [0.4, 0.5) is 10.5 Å². The van der Waals surface area contributed by atoms with Gasteiger partial charge in [0.1, 0.15) is 5.57 Å². The molecule has 0 bridgehead atoms. The first-order valence-corrected chi connectivity index (χ1v) is 11.7. The number of imide groups is 2. The number of benzene rings is 2. The van der Waals surface area contributed by atoms with Crippen LogP contribution >= 0.6 is 0 Å². The third-order valence-electron chi connectivity index (χ3n) is 6.09. The molecule has 1 aromatic heterocycles. The number of carbonyl (C=O) groups excluding carboxylic acids is 4. The summed E-state index contributed by atoms with van der Waals surface area (Å²) < 4.78 is 7.03. The summed E-state index contributed by atoms with van der Waals surface area (Å²) in [4.78, 5) is 51.6. The van der Waals surface area contributed by atoms with Crippen LogP contribution in [0.25, 0.3) is 11.8 Å². The Morgan fingerprint density at radius 3 is 2.36 bits per heavy atom. The standard InChI is InChI=1S/C28H27N3O5/c1-5-19-10-12-22(13-11-19)31-26(33)24(25(32)29-28(31)35)16-21-14-17(3)30(18(21)4)23-9-7-8-20(15-23)27(34)36-6-2/h7-16H,5-6H2,1-4H3,(H,29,32,35)/b24-16-. The van der Waals surface area contributed by atoms with E-state index in [1.807, 2.05) is 49.6 Å². The van der Waals surface area contributed by atoms with Crippen molar-refractivity contribution < 1.29 is 23.9 Å². The number of carbonyl (C=O) groups is 4. The molecule has 8 nitrogen and oxygen atoms in total. The van der Waals surface area contributed by atoms with Crippen LogP contribution in [0, 0.1) is 13.8 Å². The van der Waals surface area contributed by atoms with E-state index < -0.39 is 23.8 Å². The molecule has 0 radical (unpaired) electrons. The van der Waals surface area contributed by atoms with Crippen molar-refractivity contribution >= 4 is 35.6 Å². The number of hydrogen-bond donors (Lipinski definition) is 1. The Balaban J connectivity index is 1.71. The van der Waals surface area contributed by atoms with Crippen LogP contribution in [0.1, 0.15) is 46.7 Å². The van der Waals surface area contributed by atoms with Crippen molar-refractivity contribution in [2.45, 2.75) is 34.1 Å². The monoisotopic (exact) mass is 485 g/mol. The normalized spacial score (nSPS) is 14.8. The maximum atomic E-state index is 13.3. The molecule has 184 valence electrons. The molecule has 1 aliphatic heterocycles. The highest BCUT2D eigenvalue weighted by atomic mass is 16.5. The summed E-state index contributed by atoms with van der Waals surface area (Å²) in [5, 5.41) is 2.26. The molecule has 1 fully saturated rings. The number of esters is 1. The second kappa shape index (κ2) is 10.0. The number of urea groups is 1. The second-order valence-corrected chi connectivity index (χ2v) is 8.41. The highest BCUT2D eigenvalue weighted by molar-refractivity contribution is 6.39. The summed E-state index contributed by atoms with van der Waals surface area (Å²) in [7, 11) is 0. The summed E-state index contributed by atoms with van der Waals surface area (Å²) in [6, 6.07) is 15.2. The van der Waals surface area contributed by atoms with Gasteiger partial charge in [-0.3, -0.25) is 14.9 Å². The van der Waals surface area contributed by atoms with Gasteiger partial charge in [0.25, 0.3) is 11.8 Å². The van der Waals surface area contributed by atoms with Crippen LogP contribution in [0.2, 0.25) is 0 Å². The molecule has 3 aromatic rings. The summed E-state index contributed by atoms with van der Waals surface area (Å²) in [5.41, 5.74) is 4.71. The molecule has 1 aliphatic rings. The maximum absolute atomic E-state index is 13.3. The number of amides is 4. The van der Waals surface area contributed by atoms with Crippen molar-refractivity contribution in [2.75, 3.05) is 11.5 Å². The van der Waals surface area contributed by atoms with Crippen molar-refractivity contribution in [3.8, 4) is 5.69 Å². The van der Waals surface area contributed by atoms with E-state index in [0.29, 0.717) is 16.8 Å². The fourth-order valence-corrected chi connectivity index (χ4v) is 4.25. The number of anilines is 1. The first kappa shape index (κ1) is 24.7. The third kappa shape index (κ3) is 4.57. The van der Waals surface area contributed by atoms with Crippen molar-refractivity contribution in [1.82, 2.24) is 9.88 Å². The van der Waals surface area contributed by atoms with Crippen LogP contribution in [0.3, 0.4) is 0 Å². The number of hydrogen-bond acceptors (Lipinski definition) is 5. The zero-order valence-corrected chi connectivity index (χ0v) is 20.6. The Bertz CT molecular complexity index is 1400. The molecule has 1 N–H and O–H groups in total. The highest BCUT2D eigenvalue weighted by Crippen LogP contribution is 2.26. The summed E-state index contributed by atoms with van der Waals surface area (Å²) >= 11 is 0. The lowest BCUT2D eigenvalue weighted by Gasteiger charge is -2.26. The molecule has 0 unspecified atom stereocenters. The molecular weight excluding hydrogens is 458 g/mol. The molecular formula is C28H27N3O5. The average Bonchev–Trinajstić information content (AvgIpc) is 3.14. The smallest absolute Gasteiger partial charge is 0.338 e. The lowest BCUT2D eigenvalue weighted by Crippen LogP contribution is -2.54. The topological polar surface area (TPSA) is 97.7 Å². The van der Waals surface area contributed by atoms with Crippen molar-refractivity contribution in [3.63, 3.8) is 0 Å². The molecule has 2 aromatic carbocycles. The average molecular weight is 486 g/mol. The molecule has 0 aliphatic carbocycles. The molecule has 0 spiro atoms. The first-order chi connectivity index (χ1) is 17.2. The van der Waals surface area contributed by atoms with E-state index >= 15 is 0 Å². The van der Waals surface area contributed by atoms with E-state index in [2.05, 4.69) is 5.32 Å². The zero-order valence-electron chi connectivity index (χ0n) is 20.6. The second-order valence-electron chi connectivity index (χ2n) is 8.41. The van der Waals surface area contributed by atoms with Gasteiger partial charge in [-0.25, -0.2) is 14.5 Å². The van der Waals surface area contributed by atoms with E-state index in [1.54, 1.807) is 37.3 Å². The quantitative estimate of drug-likeness (QED) is 0.315. The molecule has 0 saturated carbocycles. The zero-order chi connectivity index (χ0) is 26.0. The van der Waals surface area contributed by atoms with Gasteiger partial charge in [0.2, 0.25) is 0 Å². The summed E-state index contributed by atoms with van der Waals surface area (Å²) in [6.45, 7) is 7.78. The van der Waals surface area contributed by atoms with Gasteiger partial charge < -0.3 is 9.30 Å². The lowest BCUT2D eigenvalue weighted by atomic mass is 10.1. The third-order valence-corrected chi connectivity index (χ3v) is 6.09. The molecule has 0 atom stereocenters.